The largest absolute Gasteiger partial charge is 0.489 e. The summed E-state index contributed by atoms with van der Waals surface area (Å²) in [6.07, 6.45) is 7.35. The van der Waals surface area contributed by atoms with Gasteiger partial charge in [-0.05, 0) is 104 Å². The van der Waals surface area contributed by atoms with Gasteiger partial charge in [0.25, 0.3) is 12.3 Å². The maximum absolute atomic E-state index is 14.8. The highest BCUT2D eigenvalue weighted by atomic mass is 35.5. The normalized spacial score (nSPS) is 19.0. The summed E-state index contributed by atoms with van der Waals surface area (Å²) < 4.78 is 39.2. The van der Waals surface area contributed by atoms with E-state index in [1.165, 1.54) is 0 Å². The van der Waals surface area contributed by atoms with Crippen molar-refractivity contribution in [2.75, 3.05) is 29.4 Å². The Morgan fingerprint density at radius 1 is 0.924 bits per heavy atom. The summed E-state index contributed by atoms with van der Waals surface area (Å²) in [5.41, 5.74) is 6.22. The lowest BCUT2D eigenvalue weighted by atomic mass is 9.49. The molecule has 1 aliphatic carbocycles. The summed E-state index contributed by atoms with van der Waals surface area (Å²) in [5, 5.41) is 12.8. The van der Waals surface area contributed by atoms with Gasteiger partial charge in [0.05, 0.1) is 27.2 Å². The van der Waals surface area contributed by atoms with Gasteiger partial charge in [-0.25, -0.2) is 23.5 Å². The van der Waals surface area contributed by atoms with Crippen LogP contribution in [0.5, 0.6) is 5.75 Å². The Morgan fingerprint density at radius 3 is 2.32 bits per heavy atom. The first-order valence-corrected chi connectivity index (χ1v) is 23.0. The molecule has 2 aliphatic heterocycles. The molecular weight excluding hydrogens is 860 g/mol. The van der Waals surface area contributed by atoms with Gasteiger partial charge in [-0.15, -0.1) is 0 Å². The number of aryl methyl sites for hydroxylation is 4. The number of carbonyl (C=O) groups excluding carboxylic acids is 1. The molecule has 66 heavy (non-hydrogen) atoms. The molecule has 1 N–H and O–H groups in total. The molecule has 6 aromatic rings. The van der Waals surface area contributed by atoms with Crippen molar-refractivity contribution >= 4 is 45.9 Å². The molecule has 5 heterocycles. The zero-order valence-corrected chi connectivity index (χ0v) is 38.9. The Morgan fingerprint density at radius 2 is 1.65 bits per heavy atom. The van der Waals surface area contributed by atoms with Crippen LogP contribution in [-0.2, 0) is 26.9 Å². The molecular formula is C51H54ClF2N9O3. The molecule has 0 atom stereocenters. The van der Waals surface area contributed by atoms with Crippen LogP contribution in [0.25, 0.3) is 22.2 Å². The minimum absolute atomic E-state index is 0.0211. The Labute approximate surface area is 388 Å². The van der Waals surface area contributed by atoms with Crippen molar-refractivity contribution in [1.29, 1.82) is 5.26 Å². The molecule has 3 aliphatic rings. The van der Waals surface area contributed by atoms with E-state index < -0.39 is 17.3 Å². The van der Waals surface area contributed by atoms with Crippen molar-refractivity contribution in [1.82, 2.24) is 29.4 Å². The molecule has 3 aromatic heterocycles. The number of hydrogen-bond donors (Lipinski definition) is 1. The van der Waals surface area contributed by atoms with Crippen LogP contribution in [0.1, 0.15) is 92.5 Å². The van der Waals surface area contributed by atoms with E-state index in [1.807, 2.05) is 36.4 Å². The van der Waals surface area contributed by atoms with Crippen molar-refractivity contribution in [2.24, 2.45) is 30.8 Å². The van der Waals surface area contributed by atoms with Crippen molar-refractivity contribution < 1.29 is 18.3 Å². The fourth-order valence-corrected chi connectivity index (χ4v) is 11.1. The number of imidazole rings is 1. The van der Waals surface area contributed by atoms with Crippen LogP contribution in [0.15, 0.2) is 84.0 Å². The van der Waals surface area contributed by atoms with E-state index >= 15 is 0 Å². The third kappa shape index (κ3) is 8.16. The second-order valence-corrected chi connectivity index (χ2v) is 19.7. The summed E-state index contributed by atoms with van der Waals surface area (Å²) in [4.78, 5) is 44.2. The average Bonchev–Trinajstić information content (AvgIpc) is 3.53. The number of alkyl halides is 2. The molecule has 2 fully saturated rings. The molecule has 0 bridgehead atoms. The molecule has 9 rings (SSSR count). The summed E-state index contributed by atoms with van der Waals surface area (Å²) in [7, 11) is 3.49. The van der Waals surface area contributed by atoms with Crippen molar-refractivity contribution in [2.45, 2.75) is 84.8 Å². The number of rotatable bonds is 11. The minimum atomic E-state index is -2.67. The van der Waals surface area contributed by atoms with Crippen LogP contribution in [0.4, 0.5) is 26.1 Å². The Hall–Kier alpha value is -6.33. The Kier molecular flexibility index (Phi) is 11.9. The van der Waals surface area contributed by atoms with Gasteiger partial charge in [0.2, 0.25) is 5.95 Å². The predicted octanol–water partition coefficient (Wildman–Crippen LogP) is 9.74. The van der Waals surface area contributed by atoms with Crippen molar-refractivity contribution in [3.05, 3.63) is 123 Å². The number of piperidine rings is 1. The molecule has 1 saturated carbocycles. The van der Waals surface area contributed by atoms with Crippen LogP contribution in [0, 0.1) is 28.1 Å². The number of nitrogens with one attached hydrogen (secondary N) is 1. The number of nitrogens with zero attached hydrogens (tertiary/aromatic N) is 8. The highest BCUT2D eigenvalue weighted by Crippen LogP contribution is 2.55. The van der Waals surface area contributed by atoms with E-state index in [4.69, 9.17) is 21.3 Å². The fourth-order valence-electron chi connectivity index (χ4n) is 10.9. The topological polar surface area (TPSA) is 134 Å². The van der Waals surface area contributed by atoms with E-state index in [1.54, 1.807) is 66.1 Å². The number of pyridine rings is 1. The quantitative estimate of drug-likeness (QED) is 0.135. The molecule has 0 spiro atoms. The predicted molar refractivity (Wildman–Crippen MR) is 253 cm³/mol. The molecule has 0 radical (unpaired) electrons. The first-order valence-electron chi connectivity index (χ1n) is 22.6. The second kappa shape index (κ2) is 17.5. The highest BCUT2D eigenvalue weighted by Gasteiger charge is 2.64. The van der Waals surface area contributed by atoms with Gasteiger partial charge in [0, 0.05) is 103 Å². The molecule has 3 aromatic carbocycles. The van der Waals surface area contributed by atoms with Crippen LogP contribution >= 0.6 is 11.6 Å². The second-order valence-electron chi connectivity index (χ2n) is 19.3. The lowest BCUT2D eigenvalue weighted by Gasteiger charge is -2.63. The Balaban J connectivity index is 0.781. The lowest BCUT2D eigenvalue weighted by molar-refractivity contribution is -0.164. The van der Waals surface area contributed by atoms with Gasteiger partial charge in [-0.1, -0.05) is 45.4 Å². The molecule has 12 nitrogen and oxygen atoms in total. The van der Waals surface area contributed by atoms with Crippen molar-refractivity contribution in [3.63, 3.8) is 0 Å². The first kappa shape index (κ1) is 44.9. The molecule has 342 valence electrons. The van der Waals surface area contributed by atoms with Crippen LogP contribution in [0.3, 0.4) is 0 Å². The summed E-state index contributed by atoms with van der Waals surface area (Å²) in [6.45, 7) is 10.5. The number of fused-ring (bicyclic) bond motifs is 2. The van der Waals surface area contributed by atoms with Crippen molar-refractivity contribution in [3.8, 4) is 22.9 Å². The van der Waals surface area contributed by atoms with Gasteiger partial charge in [0.1, 0.15) is 17.9 Å². The van der Waals surface area contributed by atoms with Gasteiger partial charge in [-0.3, -0.25) is 18.9 Å². The zero-order valence-electron chi connectivity index (χ0n) is 38.1. The third-order valence-electron chi connectivity index (χ3n) is 14.3. The monoisotopic (exact) mass is 913 g/mol. The van der Waals surface area contributed by atoms with Gasteiger partial charge in [-0.2, -0.15) is 5.26 Å². The van der Waals surface area contributed by atoms with E-state index in [2.05, 4.69) is 58.8 Å². The van der Waals surface area contributed by atoms with Crippen LogP contribution in [0.2, 0.25) is 5.02 Å². The van der Waals surface area contributed by atoms with E-state index in [9.17, 15) is 23.6 Å². The number of anilines is 3. The van der Waals surface area contributed by atoms with Crippen LogP contribution < -0.4 is 25.5 Å². The van der Waals surface area contributed by atoms with Crippen LogP contribution in [-0.4, -0.2) is 61.8 Å². The summed E-state index contributed by atoms with van der Waals surface area (Å²) in [6, 6.07) is 20.2. The van der Waals surface area contributed by atoms with Gasteiger partial charge >= 0.3 is 5.69 Å². The maximum Gasteiger partial charge on any atom is 0.328 e. The van der Waals surface area contributed by atoms with E-state index in [-0.39, 0.29) is 29.3 Å². The first-order chi connectivity index (χ1) is 31.5. The maximum atomic E-state index is 14.8. The third-order valence-corrected chi connectivity index (χ3v) is 14.7. The Bertz CT molecular complexity index is 2900. The van der Waals surface area contributed by atoms with E-state index in [0.717, 1.165) is 85.3 Å². The minimum Gasteiger partial charge on any atom is -0.489 e. The van der Waals surface area contributed by atoms with Gasteiger partial charge < -0.3 is 19.9 Å². The molecule has 1 saturated heterocycles. The number of aromatic nitrogens is 5. The standard InChI is InChI=1S/C51H54ClF2N9O3/c1-50(2)46(51(3,4)47(50)66-37-15-11-32(26-55)40(52)24-37)59-45(64)34-28-57-48(58-29-34)62-20-17-30(18-21-62)9-12-35-13-10-33(27-56-35)38-22-31-8-7-19-63(42(31)25-39(38)44(53)54)36-14-16-41-43(23-36)61(6)49(65)60(41)5/h10-11,13-16,22-25,27-30,44,46-47H,7-9,12,17-21H2,1-6H3,(H,59,64). The van der Waals surface area contributed by atoms with Gasteiger partial charge in [0.15, 0.2) is 0 Å². The van der Waals surface area contributed by atoms with E-state index in [0.29, 0.717) is 51.4 Å². The lowest BCUT2D eigenvalue weighted by Crippen LogP contribution is -2.74. The summed E-state index contributed by atoms with van der Waals surface area (Å²) in [5.74, 6) is 1.42. The number of hydrogen-bond acceptors (Lipinski definition) is 9. The SMILES string of the molecule is Cn1c(=O)n(C)c2cc(N3CCCc4cc(-c5ccc(CCC6CCN(c7ncc(C(=O)NC8C(C)(C)C(Oc9ccc(C#N)c(Cl)c9)C8(C)C)cn7)CC6)nc5)c(C(F)F)cc43)ccc21. The number of benzene rings is 3. The fraction of sp³-hybridized carbons (Fsp3) is 0.412. The molecule has 0 unspecified atom stereocenters. The number of halogens is 3. The average molecular weight is 915 g/mol. The number of nitriles is 1. The summed E-state index contributed by atoms with van der Waals surface area (Å²) >= 11 is 6.25. The molecule has 15 heteroatoms. The number of amides is 1. The number of ether oxygens (including phenoxy) is 1. The zero-order chi connectivity index (χ0) is 46.7. The molecule has 1 amide bonds. The highest BCUT2D eigenvalue weighted by molar-refractivity contribution is 6.31. The smallest absolute Gasteiger partial charge is 0.328 e. The number of carbonyl (C=O) groups is 1.